The maximum atomic E-state index is 12.5. The quantitative estimate of drug-likeness (QED) is 0.823. The van der Waals surface area contributed by atoms with Gasteiger partial charge in [0.05, 0.1) is 0 Å². The van der Waals surface area contributed by atoms with Crippen LogP contribution in [-0.2, 0) is 10.2 Å². The second kappa shape index (κ2) is 7.23. The highest BCUT2D eigenvalue weighted by atomic mass is 16.4. The van der Waals surface area contributed by atoms with Gasteiger partial charge in [-0.2, -0.15) is 0 Å². The van der Waals surface area contributed by atoms with E-state index in [1.54, 1.807) is 0 Å². The predicted octanol–water partition coefficient (Wildman–Crippen LogP) is 3.43. The Labute approximate surface area is 131 Å². The van der Waals surface area contributed by atoms with Gasteiger partial charge in [-0.1, -0.05) is 74.0 Å². The number of hydrogen-bond acceptors (Lipinski definition) is 2. The van der Waals surface area contributed by atoms with Crippen LogP contribution in [0.25, 0.3) is 0 Å². The van der Waals surface area contributed by atoms with E-state index in [0.717, 1.165) is 17.5 Å². The molecule has 0 heterocycles. The molecule has 22 heavy (non-hydrogen) atoms. The fraction of sp³-hybridized carbons (Fsp3) is 0.316. The van der Waals surface area contributed by atoms with Crippen molar-refractivity contribution in [1.82, 2.24) is 0 Å². The molecule has 3 N–H and O–H groups in total. The summed E-state index contributed by atoms with van der Waals surface area (Å²) in [6.45, 7) is 2.51. The highest BCUT2D eigenvalue weighted by Gasteiger charge is 2.47. The maximum Gasteiger partial charge on any atom is 0.318 e. The fourth-order valence-electron chi connectivity index (χ4n) is 3.39. The van der Waals surface area contributed by atoms with Gasteiger partial charge < -0.3 is 10.8 Å². The summed E-state index contributed by atoms with van der Waals surface area (Å²) in [6.07, 6.45) is 1.43. The molecular weight excluding hydrogens is 274 g/mol. The van der Waals surface area contributed by atoms with Crippen molar-refractivity contribution in [2.24, 2.45) is 11.7 Å². The summed E-state index contributed by atoms with van der Waals surface area (Å²) < 4.78 is 0. The van der Waals surface area contributed by atoms with Gasteiger partial charge in [-0.25, -0.2) is 0 Å². The largest absolute Gasteiger partial charge is 0.480 e. The van der Waals surface area contributed by atoms with E-state index < -0.39 is 11.4 Å². The first-order chi connectivity index (χ1) is 10.7. The summed E-state index contributed by atoms with van der Waals surface area (Å²) in [4.78, 5) is 12.5. The van der Waals surface area contributed by atoms with E-state index in [1.807, 2.05) is 67.6 Å². The Balaban J connectivity index is 2.73. The molecule has 0 amide bonds. The van der Waals surface area contributed by atoms with Crippen LogP contribution in [0.2, 0.25) is 0 Å². The lowest BCUT2D eigenvalue weighted by molar-refractivity contribution is -0.144. The van der Waals surface area contributed by atoms with E-state index in [2.05, 4.69) is 0 Å². The first-order valence-electron chi connectivity index (χ1n) is 7.72. The lowest BCUT2D eigenvalue weighted by Crippen LogP contribution is -2.44. The minimum atomic E-state index is -1.06. The molecular formula is C19H23NO2. The SMILES string of the molecule is CCC(CCN)C(C(=O)O)(c1ccccc1)c1ccccc1. The van der Waals surface area contributed by atoms with E-state index in [0.29, 0.717) is 13.0 Å². The van der Waals surface area contributed by atoms with Crippen molar-refractivity contribution in [1.29, 1.82) is 0 Å². The van der Waals surface area contributed by atoms with Crippen molar-refractivity contribution >= 4 is 5.97 Å². The van der Waals surface area contributed by atoms with Gasteiger partial charge in [-0.3, -0.25) is 4.79 Å². The summed E-state index contributed by atoms with van der Waals surface area (Å²) in [7, 11) is 0. The number of carboxylic acid groups (broad SMARTS) is 1. The molecule has 0 saturated carbocycles. The Hall–Kier alpha value is -2.13. The van der Waals surface area contributed by atoms with Crippen molar-refractivity contribution in [3.8, 4) is 0 Å². The first kappa shape index (κ1) is 16.2. The van der Waals surface area contributed by atoms with E-state index in [1.165, 1.54) is 0 Å². The minimum Gasteiger partial charge on any atom is -0.480 e. The Morgan fingerprint density at radius 1 is 1.05 bits per heavy atom. The highest BCUT2D eigenvalue weighted by molar-refractivity contribution is 5.86. The molecule has 2 aromatic carbocycles. The molecule has 0 aliphatic carbocycles. The standard InChI is InChI=1S/C19H23NO2/c1-2-15(13-14-20)19(18(21)22,16-9-5-3-6-10-16)17-11-7-4-8-12-17/h3-12,15H,2,13-14,20H2,1H3,(H,21,22). The van der Waals surface area contributed by atoms with Crippen molar-refractivity contribution in [2.45, 2.75) is 25.2 Å². The number of aliphatic carboxylic acids is 1. The zero-order valence-corrected chi connectivity index (χ0v) is 12.9. The molecule has 0 aromatic heterocycles. The molecule has 1 atom stereocenters. The van der Waals surface area contributed by atoms with Gasteiger partial charge in [-0.15, -0.1) is 0 Å². The van der Waals surface area contributed by atoms with Gasteiger partial charge in [0, 0.05) is 0 Å². The summed E-state index contributed by atoms with van der Waals surface area (Å²) in [5.41, 5.74) is 6.33. The van der Waals surface area contributed by atoms with E-state index in [-0.39, 0.29) is 5.92 Å². The average molecular weight is 297 g/mol. The molecule has 0 aliphatic rings. The normalized spacial score (nSPS) is 12.8. The van der Waals surface area contributed by atoms with Gasteiger partial charge in [0.25, 0.3) is 0 Å². The number of hydrogen-bond donors (Lipinski definition) is 2. The molecule has 0 aliphatic heterocycles. The van der Waals surface area contributed by atoms with Crippen LogP contribution in [0.15, 0.2) is 60.7 Å². The number of rotatable bonds is 7. The van der Waals surface area contributed by atoms with Gasteiger partial charge in [-0.05, 0) is 30.0 Å². The van der Waals surface area contributed by atoms with Crippen molar-refractivity contribution < 1.29 is 9.90 Å². The summed E-state index contributed by atoms with van der Waals surface area (Å²) in [5.74, 6) is -0.870. The second-order valence-electron chi connectivity index (χ2n) is 5.53. The molecule has 116 valence electrons. The molecule has 3 heteroatoms. The van der Waals surface area contributed by atoms with Crippen molar-refractivity contribution in [2.75, 3.05) is 6.54 Å². The second-order valence-corrected chi connectivity index (χ2v) is 5.53. The molecule has 0 bridgehead atoms. The minimum absolute atomic E-state index is 0.0557. The number of nitrogens with two attached hydrogens (primary N) is 1. The molecule has 1 unspecified atom stereocenters. The van der Waals surface area contributed by atoms with E-state index in [4.69, 9.17) is 5.73 Å². The summed E-state index contributed by atoms with van der Waals surface area (Å²) >= 11 is 0. The van der Waals surface area contributed by atoms with Gasteiger partial charge >= 0.3 is 5.97 Å². The predicted molar refractivity (Wildman–Crippen MR) is 88.8 cm³/mol. The van der Waals surface area contributed by atoms with Crippen LogP contribution in [0.1, 0.15) is 30.9 Å². The molecule has 2 aromatic rings. The van der Waals surface area contributed by atoms with Gasteiger partial charge in [0.15, 0.2) is 0 Å². The average Bonchev–Trinajstić information content (AvgIpc) is 2.56. The number of carbonyl (C=O) groups is 1. The van der Waals surface area contributed by atoms with Crippen LogP contribution in [0.5, 0.6) is 0 Å². The monoisotopic (exact) mass is 297 g/mol. The van der Waals surface area contributed by atoms with E-state index in [9.17, 15) is 9.90 Å². The van der Waals surface area contributed by atoms with Crippen LogP contribution in [0.3, 0.4) is 0 Å². The highest BCUT2D eigenvalue weighted by Crippen LogP contribution is 2.42. The molecule has 0 spiro atoms. The summed E-state index contributed by atoms with van der Waals surface area (Å²) in [5, 5.41) is 10.2. The smallest absolute Gasteiger partial charge is 0.318 e. The zero-order valence-electron chi connectivity index (χ0n) is 12.9. The Kier molecular flexibility index (Phi) is 5.34. The van der Waals surface area contributed by atoms with Crippen LogP contribution < -0.4 is 5.73 Å². The topological polar surface area (TPSA) is 63.3 Å². The van der Waals surface area contributed by atoms with Crippen molar-refractivity contribution in [3.05, 3.63) is 71.8 Å². The third-order valence-electron chi connectivity index (χ3n) is 4.42. The zero-order chi connectivity index (χ0) is 16.0. The first-order valence-corrected chi connectivity index (χ1v) is 7.72. The summed E-state index contributed by atoms with van der Waals surface area (Å²) in [6, 6.07) is 19.0. The third kappa shape index (κ3) is 2.77. The number of benzene rings is 2. The fourth-order valence-corrected chi connectivity index (χ4v) is 3.39. The van der Waals surface area contributed by atoms with Gasteiger partial charge in [0.1, 0.15) is 5.41 Å². The van der Waals surface area contributed by atoms with Crippen LogP contribution in [-0.4, -0.2) is 17.6 Å². The van der Waals surface area contributed by atoms with Crippen molar-refractivity contribution in [3.63, 3.8) is 0 Å². The Morgan fingerprint density at radius 2 is 1.50 bits per heavy atom. The molecule has 2 rings (SSSR count). The number of carboxylic acids is 1. The molecule has 3 nitrogen and oxygen atoms in total. The lowest BCUT2D eigenvalue weighted by Gasteiger charge is -2.38. The Bertz CT molecular complexity index is 556. The molecule has 0 radical (unpaired) electrons. The van der Waals surface area contributed by atoms with Crippen LogP contribution in [0.4, 0.5) is 0 Å². The maximum absolute atomic E-state index is 12.5. The van der Waals surface area contributed by atoms with Gasteiger partial charge in [0.2, 0.25) is 0 Å². The molecule has 0 fully saturated rings. The lowest BCUT2D eigenvalue weighted by atomic mass is 9.63. The van der Waals surface area contributed by atoms with Crippen LogP contribution in [0, 0.1) is 5.92 Å². The third-order valence-corrected chi connectivity index (χ3v) is 4.42. The Morgan fingerprint density at radius 3 is 1.82 bits per heavy atom. The van der Waals surface area contributed by atoms with Crippen LogP contribution >= 0.6 is 0 Å². The van der Waals surface area contributed by atoms with E-state index >= 15 is 0 Å². The molecule has 0 saturated heterocycles.